The van der Waals surface area contributed by atoms with E-state index in [2.05, 4.69) is 14.1 Å². The van der Waals surface area contributed by atoms with E-state index >= 15 is 0 Å². The number of hydrogen-bond donors (Lipinski definition) is 0. The van der Waals surface area contributed by atoms with Crippen molar-refractivity contribution in [3.63, 3.8) is 0 Å². The van der Waals surface area contributed by atoms with E-state index in [0.717, 1.165) is 4.34 Å². The minimum atomic E-state index is -0.472. The van der Waals surface area contributed by atoms with Crippen LogP contribution in [0, 0.1) is 0 Å². The number of nitrogens with zero attached hydrogens (tertiary/aromatic N) is 2. The summed E-state index contributed by atoms with van der Waals surface area (Å²) in [5, 5.41) is 0.704. The van der Waals surface area contributed by atoms with Crippen molar-refractivity contribution in [1.29, 1.82) is 0 Å². The van der Waals surface area contributed by atoms with Crippen LogP contribution in [-0.2, 0) is 14.3 Å². The monoisotopic (exact) mass is 292 g/mol. The van der Waals surface area contributed by atoms with E-state index in [1.807, 2.05) is 6.26 Å². The van der Waals surface area contributed by atoms with E-state index in [9.17, 15) is 9.59 Å². The van der Waals surface area contributed by atoms with Crippen LogP contribution in [0.15, 0.2) is 9.50 Å². The Morgan fingerprint density at radius 2 is 2.24 bits per heavy atom. The average Bonchev–Trinajstić information content (AvgIpc) is 2.74. The van der Waals surface area contributed by atoms with Crippen molar-refractivity contribution in [3.05, 3.63) is 0 Å². The van der Waals surface area contributed by atoms with Gasteiger partial charge in [-0.25, -0.2) is 4.98 Å². The summed E-state index contributed by atoms with van der Waals surface area (Å²) in [6.45, 7) is 2.01. The van der Waals surface area contributed by atoms with Gasteiger partial charge in [0.15, 0.2) is 10.1 Å². The van der Waals surface area contributed by atoms with Gasteiger partial charge < -0.3 is 4.74 Å². The lowest BCUT2D eigenvalue weighted by Gasteiger charge is -1.99. The molecule has 0 atom stereocenters. The molecular formula is C9H12N2O3S3. The molecule has 1 heterocycles. The molecule has 0 saturated carbocycles. The van der Waals surface area contributed by atoms with E-state index < -0.39 is 5.97 Å². The number of carbonyl (C=O) groups excluding carboxylic acids is 2. The first kappa shape index (κ1) is 14.5. The Balaban J connectivity index is 2.30. The third-order valence-electron chi connectivity index (χ3n) is 1.57. The highest BCUT2D eigenvalue weighted by Crippen LogP contribution is 2.23. The van der Waals surface area contributed by atoms with E-state index in [-0.39, 0.29) is 18.0 Å². The zero-order valence-corrected chi connectivity index (χ0v) is 11.9. The van der Waals surface area contributed by atoms with Crippen molar-refractivity contribution in [2.75, 3.05) is 18.6 Å². The van der Waals surface area contributed by atoms with Gasteiger partial charge in [0, 0.05) is 0 Å². The average molecular weight is 292 g/mol. The van der Waals surface area contributed by atoms with Crippen LogP contribution in [0.5, 0.6) is 0 Å². The van der Waals surface area contributed by atoms with Crippen LogP contribution in [0.3, 0.4) is 0 Å². The summed E-state index contributed by atoms with van der Waals surface area (Å²) in [5.41, 5.74) is 0. The van der Waals surface area contributed by atoms with Gasteiger partial charge in [-0.3, -0.25) is 9.59 Å². The Bertz CT molecular complexity index is 395. The van der Waals surface area contributed by atoms with Crippen LogP contribution in [0.4, 0.5) is 0 Å². The number of rotatable bonds is 7. The topological polar surface area (TPSA) is 69.2 Å². The van der Waals surface area contributed by atoms with Crippen LogP contribution in [-0.4, -0.2) is 39.7 Å². The molecule has 0 fully saturated rings. The molecule has 17 heavy (non-hydrogen) atoms. The van der Waals surface area contributed by atoms with Gasteiger partial charge in [0.05, 0.1) is 12.4 Å². The highest BCUT2D eigenvalue weighted by Gasteiger charge is 2.12. The third kappa shape index (κ3) is 5.51. The molecule has 0 aliphatic heterocycles. The fourth-order valence-corrected chi connectivity index (χ4v) is 2.97. The smallest absolute Gasteiger partial charge is 0.313 e. The second-order valence-electron chi connectivity index (χ2n) is 2.86. The van der Waals surface area contributed by atoms with Crippen LogP contribution in [0.2, 0.25) is 0 Å². The molecule has 0 spiro atoms. The van der Waals surface area contributed by atoms with E-state index in [1.165, 1.54) is 35.1 Å². The van der Waals surface area contributed by atoms with Crippen molar-refractivity contribution in [3.8, 4) is 0 Å². The van der Waals surface area contributed by atoms with Gasteiger partial charge in [0.25, 0.3) is 0 Å². The molecule has 94 valence electrons. The summed E-state index contributed by atoms with van der Waals surface area (Å²) in [6, 6.07) is 0. The minimum Gasteiger partial charge on any atom is -0.466 e. The zero-order valence-electron chi connectivity index (χ0n) is 9.47. The van der Waals surface area contributed by atoms with Gasteiger partial charge in [-0.2, -0.15) is 4.37 Å². The van der Waals surface area contributed by atoms with Gasteiger partial charge in [-0.15, -0.1) is 0 Å². The summed E-state index contributed by atoms with van der Waals surface area (Å²) in [4.78, 5) is 26.6. The molecule has 0 saturated heterocycles. The Morgan fingerprint density at radius 1 is 1.47 bits per heavy atom. The number of aromatic nitrogens is 2. The van der Waals surface area contributed by atoms with E-state index in [0.29, 0.717) is 11.8 Å². The van der Waals surface area contributed by atoms with Crippen molar-refractivity contribution in [2.24, 2.45) is 0 Å². The normalized spacial score (nSPS) is 10.2. The van der Waals surface area contributed by atoms with Crippen LogP contribution < -0.4 is 0 Å². The molecule has 1 rings (SSSR count). The van der Waals surface area contributed by atoms with Crippen molar-refractivity contribution < 1.29 is 14.3 Å². The first-order chi connectivity index (χ1) is 8.15. The first-order valence-electron chi connectivity index (χ1n) is 4.83. The lowest BCUT2D eigenvalue weighted by molar-refractivity contribution is -0.145. The molecular weight excluding hydrogens is 280 g/mol. The Morgan fingerprint density at radius 3 is 2.82 bits per heavy atom. The Labute approximate surface area is 112 Å². The van der Waals surface area contributed by atoms with E-state index in [1.54, 1.807) is 6.92 Å². The molecule has 1 aromatic rings. The van der Waals surface area contributed by atoms with Gasteiger partial charge in [0.2, 0.25) is 5.16 Å². The standard InChI is InChI=1S/C9H12N2O3S3/c1-3-14-7(13)4-6(12)5-16-9-10-8(15-2)11-17-9/h3-5H2,1-2H3. The second-order valence-corrected chi connectivity index (χ2v) is 5.60. The van der Waals surface area contributed by atoms with Gasteiger partial charge in [-0.05, 0) is 24.7 Å². The number of Topliss-reactive ketones (excluding diaryl/α,β-unsaturated/α-hetero) is 1. The number of ether oxygens (including phenoxy) is 1. The maximum Gasteiger partial charge on any atom is 0.313 e. The lowest BCUT2D eigenvalue weighted by Crippen LogP contribution is -2.12. The van der Waals surface area contributed by atoms with Gasteiger partial charge >= 0.3 is 5.97 Å². The van der Waals surface area contributed by atoms with Crippen molar-refractivity contribution in [2.45, 2.75) is 22.8 Å². The minimum absolute atomic E-state index is 0.158. The van der Waals surface area contributed by atoms with Crippen molar-refractivity contribution in [1.82, 2.24) is 9.36 Å². The lowest BCUT2D eigenvalue weighted by atomic mass is 10.3. The Hall–Kier alpha value is -0.600. The Kier molecular flexibility index (Phi) is 6.53. The van der Waals surface area contributed by atoms with Gasteiger partial charge in [0.1, 0.15) is 6.42 Å². The molecule has 0 radical (unpaired) electrons. The molecule has 0 N–H and O–H groups in total. The molecule has 0 aliphatic carbocycles. The predicted molar refractivity (Wildman–Crippen MR) is 68.7 cm³/mol. The summed E-state index contributed by atoms with van der Waals surface area (Å²) < 4.78 is 9.50. The second kappa shape index (κ2) is 7.67. The fraction of sp³-hybridized carbons (Fsp3) is 0.556. The summed E-state index contributed by atoms with van der Waals surface area (Å²) >= 11 is 4.01. The molecule has 5 nitrogen and oxygen atoms in total. The van der Waals surface area contributed by atoms with E-state index in [4.69, 9.17) is 0 Å². The molecule has 0 amide bonds. The highest BCUT2D eigenvalue weighted by molar-refractivity contribution is 8.01. The zero-order chi connectivity index (χ0) is 12.7. The quantitative estimate of drug-likeness (QED) is 0.431. The fourth-order valence-electron chi connectivity index (χ4n) is 0.905. The summed E-state index contributed by atoms with van der Waals surface area (Å²) in [6.07, 6.45) is 1.72. The number of thioether (sulfide) groups is 2. The van der Waals surface area contributed by atoms with Crippen LogP contribution in [0.1, 0.15) is 13.3 Å². The summed E-state index contributed by atoms with van der Waals surface area (Å²) in [7, 11) is 0. The van der Waals surface area contributed by atoms with Crippen molar-refractivity contribution >= 4 is 46.8 Å². The molecule has 0 aromatic carbocycles. The van der Waals surface area contributed by atoms with Gasteiger partial charge in [-0.1, -0.05) is 23.5 Å². The molecule has 0 bridgehead atoms. The summed E-state index contributed by atoms with van der Waals surface area (Å²) in [5.74, 6) is -0.406. The van der Waals surface area contributed by atoms with Crippen LogP contribution >= 0.6 is 35.1 Å². The molecule has 0 aliphatic rings. The highest BCUT2D eigenvalue weighted by atomic mass is 32.2. The number of hydrogen-bond acceptors (Lipinski definition) is 8. The number of esters is 1. The molecule has 0 unspecified atom stereocenters. The van der Waals surface area contributed by atoms with Crippen LogP contribution in [0.25, 0.3) is 0 Å². The largest absolute Gasteiger partial charge is 0.466 e. The predicted octanol–water partition coefficient (Wildman–Crippen LogP) is 1.87. The molecule has 8 heteroatoms. The first-order valence-corrected chi connectivity index (χ1v) is 7.82. The maximum atomic E-state index is 11.4. The third-order valence-corrected chi connectivity index (χ3v) is 4.13. The molecule has 1 aromatic heterocycles. The SMILES string of the molecule is CCOC(=O)CC(=O)CSc1nc(SC)ns1. The maximum absolute atomic E-state index is 11.4. The number of carbonyl (C=O) groups is 2. The number of ketones is 1.